The van der Waals surface area contributed by atoms with Gasteiger partial charge in [-0.3, -0.25) is 0 Å². The number of benzene rings is 2. The number of aryl methyl sites for hydroxylation is 2. The standard InChI is InChI=1S/C20H19ClN2OS/c1-3-16-12-19(24-18-11-7-4-8-14(18)2)23-20(22-16)25-13-15-9-5-6-10-17(15)21/h4-12H,3,13H2,1-2H3. The minimum absolute atomic E-state index is 0.572. The first kappa shape index (κ1) is 17.8. The van der Waals surface area contributed by atoms with Crippen LogP contribution in [0.3, 0.4) is 0 Å². The first-order chi connectivity index (χ1) is 12.2. The van der Waals surface area contributed by atoms with Crippen molar-refractivity contribution in [3.8, 4) is 11.6 Å². The molecule has 128 valence electrons. The maximum absolute atomic E-state index is 6.23. The normalized spacial score (nSPS) is 10.7. The first-order valence-electron chi connectivity index (χ1n) is 8.13. The molecular weight excluding hydrogens is 352 g/mol. The zero-order valence-electron chi connectivity index (χ0n) is 14.2. The molecule has 0 saturated heterocycles. The fourth-order valence-electron chi connectivity index (χ4n) is 2.29. The van der Waals surface area contributed by atoms with Gasteiger partial charge in [-0.15, -0.1) is 0 Å². The minimum Gasteiger partial charge on any atom is -0.439 e. The zero-order valence-corrected chi connectivity index (χ0v) is 15.8. The molecule has 0 aliphatic rings. The minimum atomic E-state index is 0.572. The van der Waals surface area contributed by atoms with Crippen LogP contribution in [0.1, 0.15) is 23.7 Å². The molecule has 0 atom stereocenters. The van der Waals surface area contributed by atoms with Crippen LogP contribution in [0.25, 0.3) is 0 Å². The molecule has 0 radical (unpaired) electrons. The lowest BCUT2D eigenvalue weighted by molar-refractivity contribution is 0.450. The van der Waals surface area contributed by atoms with Crippen molar-refractivity contribution in [3.63, 3.8) is 0 Å². The van der Waals surface area contributed by atoms with Gasteiger partial charge in [0.05, 0.1) is 0 Å². The van der Waals surface area contributed by atoms with E-state index in [2.05, 4.69) is 16.9 Å². The van der Waals surface area contributed by atoms with Crippen molar-refractivity contribution in [3.05, 3.63) is 76.4 Å². The third-order valence-electron chi connectivity index (χ3n) is 3.72. The Balaban J connectivity index is 1.80. The molecule has 0 aliphatic carbocycles. The van der Waals surface area contributed by atoms with E-state index in [9.17, 15) is 0 Å². The highest BCUT2D eigenvalue weighted by atomic mass is 35.5. The second-order valence-electron chi connectivity index (χ2n) is 5.58. The van der Waals surface area contributed by atoms with Crippen molar-refractivity contribution in [2.45, 2.75) is 31.2 Å². The SMILES string of the molecule is CCc1cc(Oc2ccccc2C)nc(SCc2ccccc2Cl)n1. The van der Waals surface area contributed by atoms with E-state index in [4.69, 9.17) is 16.3 Å². The molecule has 0 aliphatic heterocycles. The van der Waals surface area contributed by atoms with Crippen LogP contribution >= 0.6 is 23.4 Å². The molecule has 0 spiro atoms. The van der Waals surface area contributed by atoms with Crippen LogP contribution in [0, 0.1) is 6.92 Å². The first-order valence-corrected chi connectivity index (χ1v) is 9.49. The summed E-state index contributed by atoms with van der Waals surface area (Å²) < 4.78 is 5.98. The van der Waals surface area contributed by atoms with Crippen LogP contribution in [0.2, 0.25) is 5.02 Å². The maximum Gasteiger partial charge on any atom is 0.223 e. The molecule has 0 saturated carbocycles. The second kappa shape index (κ2) is 8.37. The lowest BCUT2D eigenvalue weighted by Crippen LogP contribution is -1.98. The summed E-state index contributed by atoms with van der Waals surface area (Å²) in [4.78, 5) is 9.14. The number of para-hydroxylation sites is 1. The number of rotatable bonds is 6. The molecule has 0 unspecified atom stereocenters. The smallest absolute Gasteiger partial charge is 0.223 e. The van der Waals surface area contributed by atoms with E-state index in [1.165, 1.54) is 0 Å². The van der Waals surface area contributed by atoms with Crippen LogP contribution in [0.15, 0.2) is 59.8 Å². The molecule has 5 heteroatoms. The van der Waals surface area contributed by atoms with Gasteiger partial charge in [-0.2, -0.15) is 4.98 Å². The number of ether oxygens (including phenoxy) is 1. The van der Waals surface area contributed by atoms with Crippen LogP contribution < -0.4 is 4.74 Å². The van der Waals surface area contributed by atoms with Crippen molar-refractivity contribution in [2.24, 2.45) is 0 Å². The molecule has 0 amide bonds. The third-order valence-corrected chi connectivity index (χ3v) is 4.98. The van der Waals surface area contributed by atoms with Crippen molar-refractivity contribution in [1.82, 2.24) is 9.97 Å². The van der Waals surface area contributed by atoms with Gasteiger partial charge in [-0.05, 0) is 36.6 Å². The van der Waals surface area contributed by atoms with Gasteiger partial charge in [0.1, 0.15) is 5.75 Å². The largest absolute Gasteiger partial charge is 0.439 e. The Labute approximate surface area is 157 Å². The molecule has 3 aromatic rings. The molecule has 1 heterocycles. The van der Waals surface area contributed by atoms with Crippen molar-refractivity contribution in [1.29, 1.82) is 0 Å². The molecular formula is C20H19ClN2OS. The quantitative estimate of drug-likeness (QED) is 0.388. The number of nitrogens with zero attached hydrogens (tertiary/aromatic N) is 2. The van der Waals surface area contributed by atoms with Gasteiger partial charge in [0.25, 0.3) is 0 Å². The van der Waals surface area contributed by atoms with Crippen LogP contribution in [-0.2, 0) is 12.2 Å². The fourth-order valence-corrected chi connectivity index (χ4v) is 3.44. The molecule has 1 aromatic heterocycles. The van der Waals surface area contributed by atoms with Crippen molar-refractivity contribution in [2.75, 3.05) is 0 Å². The summed E-state index contributed by atoms with van der Waals surface area (Å²) in [6.07, 6.45) is 0.826. The van der Waals surface area contributed by atoms with Gasteiger partial charge >= 0.3 is 0 Å². The van der Waals surface area contributed by atoms with Crippen LogP contribution in [-0.4, -0.2) is 9.97 Å². The summed E-state index contributed by atoms with van der Waals surface area (Å²) in [5, 5.41) is 1.46. The molecule has 3 rings (SSSR count). The van der Waals surface area contributed by atoms with E-state index in [1.807, 2.05) is 61.5 Å². The summed E-state index contributed by atoms with van der Waals surface area (Å²) in [5.74, 6) is 2.10. The Hall–Kier alpha value is -2.04. The molecule has 25 heavy (non-hydrogen) atoms. The molecule has 0 fully saturated rings. The van der Waals surface area contributed by atoms with E-state index >= 15 is 0 Å². The fraction of sp³-hybridized carbons (Fsp3) is 0.200. The van der Waals surface area contributed by atoms with Gasteiger partial charge < -0.3 is 4.74 Å². The van der Waals surface area contributed by atoms with E-state index in [-0.39, 0.29) is 0 Å². The maximum atomic E-state index is 6.23. The van der Waals surface area contributed by atoms with Gasteiger partial charge in [0.2, 0.25) is 5.88 Å². The topological polar surface area (TPSA) is 35.0 Å². The number of hydrogen-bond donors (Lipinski definition) is 0. The Kier molecular flexibility index (Phi) is 5.95. The Morgan fingerprint density at radius 3 is 2.56 bits per heavy atom. The predicted molar refractivity (Wildman–Crippen MR) is 104 cm³/mol. The number of hydrogen-bond acceptors (Lipinski definition) is 4. The van der Waals surface area contributed by atoms with E-state index < -0.39 is 0 Å². The average Bonchev–Trinajstić information content (AvgIpc) is 2.63. The molecule has 3 nitrogen and oxygen atoms in total. The lowest BCUT2D eigenvalue weighted by atomic mass is 10.2. The highest BCUT2D eigenvalue weighted by Crippen LogP contribution is 2.28. The van der Waals surface area contributed by atoms with Gasteiger partial charge in [-0.25, -0.2) is 4.98 Å². The second-order valence-corrected chi connectivity index (χ2v) is 6.93. The van der Waals surface area contributed by atoms with E-state index in [1.54, 1.807) is 11.8 Å². The van der Waals surface area contributed by atoms with Gasteiger partial charge in [-0.1, -0.05) is 66.7 Å². The van der Waals surface area contributed by atoms with Crippen molar-refractivity contribution < 1.29 is 4.74 Å². The Morgan fingerprint density at radius 1 is 1.04 bits per heavy atom. The number of aromatic nitrogens is 2. The molecule has 0 N–H and O–H groups in total. The Bertz CT molecular complexity index is 870. The van der Waals surface area contributed by atoms with Crippen molar-refractivity contribution >= 4 is 23.4 Å². The Morgan fingerprint density at radius 2 is 1.80 bits per heavy atom. The van der Waals surface area contributed by atoms with Crippen LogP contribution in [0.5, 0.6) is 11.6 Å². The van der Waals surface area contributed by atoms with Gasteiger partial charge in [0, 0.05) is 22.5 Å². The lowest BCUT2D eigenvalue weighted by Gasteiger charge is -2.10. The highest BCUT2D eigenvalue weighted by Gasteiger charge is 2.09. The number of thioether (sulfide) groups is 1. The zero-order chi connectivity index (χ0) is 17.6. The highest BCUT2D eigenvalue weighted by molar-refractivity contribution is 7.98. The average molecular weight is 371 g/mol. The summed E-state index contributed by atoms with van der Waals surface area (Å²) in [5.41, 5.74) is 3.10. The monoisotopic (exact) mass is 370 g/mol. The summed E-state index contributed by atoms with van der Waals surface area (Å²) in [6, 6.07) is 17.6. The predicted octanol–water partition coefficient (Wildman–Crippen LogP) is 6.09. The summed E-state index contributed by atoms with van der Waals surface area (Å²) in [7, 11) is 0. The molecule has 0 bridgehead atoms. The summed E-state index contributed by atoms with van der Waals surface area (Å²) in [6.45, 7) is 4.09. The summed E-state index contributed by atoms with van der Waals surface area (Å²) >= 11 is 7.79. The van der Waals surface area contributed by atoms with E-state index in [0.717, 1.165) is 39.8 Å². The van der Waals surface area contributed by atoms with E-state index in [0.29, 0.717) is 11.0 Å². The van der Waals surface area contributed by atoms with Crippen LogP contribution in [0.4, 0.5) is 0 Å². The third kappa shape index (κ3) is 4.74. The number of halogens is 1. The van der Waals surface area contributed by atoms with Gasteiger partial charge in [0.15, 0.2) is 5.16 Å². The molecule has 2 aromatic carbocycles.